The van der Waals surface area contributed by atoms with Crippen LogP contribution in [-0.4, -0.2) is 35.6 Å². The Bertz CT molecular complexity index is 191. The average Bonchev–Trinajstić information content (AvgIpc) is 2.30. The van der Waals surface area contributed by atoms with Gasteiger partial charge in [0.2, 0.25) is 0 Å². The second kappa shape index (κ2) is 4.09. The van der Waals surface area contributed by atoms with E-state index in [1.54, 1.807) is 0 Å². The number of hydrogen-bond donors (Lipinski definition) is 1. The Kier molecular flexibility index (Phi) is 3.31. The molecule has 1 aliphatic rings. The van der Waals surface area contributed by atoms with Crippen LogP contribution in [0.1, 0.15) is 26.7 Å². The Morgan fingerprint density at radius 1 is 1.62 bits per heavy atom. The highest BCUT2D eigenvalue weighted by Gasteiger charge is 2.34. The summed E-state index contributed by atoms with van der Waals surface area (Å²) in [4.78, 5) is 12.9. The van der Waals surface area contributed by atoms with E-state index in [1.165, 1.54) is 0 Å². The fourth-order valence-corrected chi connectivity index (χ4v) is 2.55. The highest BCUT2D eigenvalue weighted by atomic mass is 16.4. The zero-order chi connectivity index (χ0) is 10.0. The summed E-state index contributed by atoms with van der Waals surface area (Å²) in [5.74, 6) is 0.241. The average molecular weight is 185 g/mol. The first kappa shape index (κ1) is 10.5. The molecular weight excluding hydrogens is 166 g/mol. The van der Waals surface area contributed by atoms with Crippen molar-refractivity contribution in [1.82, 2.24) is 4.90 Å². The molecule has 3 heteroatoms. The van der Waals surface area contributed by atoms with E-state index in [-0.39, 0.29) is 0 Å². The first-order valence-electron chi connectivity index (χ1n) is 4.94. The minimum absolute atomic E-state index is 0.327. The molecule has 1 saturated heterocycles. The van der Waals surface area contributed by atoms with Gasteiger partial charge in [-0.05, 0) is 31.8 Å². The largest absolute Gasteiger partial charge is 0.481 e. The summed E-state index contributed by atoms with van der Waals surface area (Å²) in [7, 11) is 2.09. The molecule has 1 N–H and O–H groups in total. The zero-order valence-electron chi connectivity index (χ0n) is 8.66. The van der Waals surface area contributed by atoms with E-state index in [9.17, 15) is 4.79 Å². The van der Waals surface area contributed by atoms with Gasteiger partial charge >= 0.3 is 5.97 Å². The standard InChI is InChI=1S/C10H19NO2/c1-7(2)10-8(6-9(12)13)4-5-11(10)3/h7-8,10H,4-6H2,1-3H3,(H,12,13). The summed E-state index contributed by atoms with van der Waals surface area (Å²) in [6.45, 7) is 5.38. The molecule has 2 atom stereocenters. The highest BCUT2D eigenvalue weighted by molar-refractivity contribution is 5.67. The molecule has 2 unspecified atom stereocenters. The number of carbonyl (C=O) groups is 1. The summed E-state index contributed by atoms with van der Waals surface area (Å²) >= 11 is 0. The molecule has 0 bridgehead atoms. The Morgan fingerprint density at radius 3 is 2.69 bits per heavy atom. The molecule has 3 nitrogen and oxygen atoms in total. The van der Waals surface area contributed by atoms with Crippen LogP contribution in [0, 0.1) is 11.8 Å². The molecule has 13 heavy (non-hydrogen) atoms. The number of rotatable bonds is 3. The van der Waals surface area contributed by atoms with Crippen molar-refractivity contribution in [2.24, 2.45) is 11.8 Å². The molecule has 1 aliphatic heterocycles. The van der Waals surface area contributed by atoms with Crippen molar-refractivity contribution in [2.45, 2.75) is 32.7 Å². The molecule has 0 aromatic heterocycles. The molecule has 0 aromatic rings. The summed E-state index contributed by atoms with van der Waals surface area (Å²) in [5, 5.41) is 8.74. The van der Waals surface area contributed by atoms with Crippen molar-refractivity contribution in [3.8, 4) is 0 Å². The number of carboxylic acids is 1. The van der Waals surface area contributed by atoms with Crippen LogP contribution in [0.3, 0.4) is 0 Å². The van der Waals surface area contributed by atoms with Crippen molar-refractivity contribution in [3.63, 3.8) is 0 Å². The van der Waals surface area contributed by atoms with Gasteiger partial charge < -0.3 is 10.0 Å². The van der Waals surface area contributed by atoms with E-state index in [0.29, 0.717) is 24.3 Å². The van der Waals surface area contributed by atoms with Gasteiger partial charge in [0.1, 0.15) is 0 Å². The van der Waals surface area contributed by atoms with Gasteiger partial charge in [-0.3, -0.25) is 4.79 Å². The van der Waals surface area contributed by atoms with Crippen LogP contribution in [0.2, 0.25) is 0 Å². The maximum atomic E-state index is 10.6. The summed E-state index contributed by atoms with van der Waals surface area (Å²) in [6, 6.07) is 0.455. The first-order valence-corrected chi connectivity index (χ1v) is 4.94. The van der Waals surface area contributed by atoms with Gasteiger partial charge in [-0.2, -0.15) is 0 Å². The fourth-order valence-electron chi connectivity index (χ4n) is 2.55. The van der Waals surface area contributed by atoms with Crippen LogP contribution in [-0.2, 0) is 4.79 Å². The monoisotopic (exact) mass is 185 g/mol. The normalized spacial score (nSPS) is 29.8. The van der Waals surface area contributed by atoms with Crippen molar-refractivity contribution < 1.29 is 9.90 Å². The second-order valence-electron chi connectivity index (χ2n) is 4.36. The van der Waals surface area contributed by atoms with Gasteiger partial charge in [0.05, 0.1) is 0 Å². The second-order valence-corrected chi connectivity index (χ2v) is 4.36. The quantitative estimate of drug-likeness (QED) is 0.723. The number of aliphatic carboxylic acids is 1. The maximum Gasteiger partial charge on any atom is 0.303 e. The zero-order valence-corrected chi connectivity index (χ0v) is 8.66. The molecule has 0 spiro atoms. The summed E-state index contributed by atoms with van der Waals surface area (Å²) in [6.07, 6.45) is 1.36. The molecule has 0 aliphatic carbocycles. The van der Waals surface area contributed by atoms with E-state index < -0.39 is 5.97 Å². The Labute approximate surface area is 79.7 Å². The third kappa shape index (κ3) is 2.44. The molecule has 1 rings (SSSR count). The lowest BCUT2D eigenvalue weighted by atomic mass is 9.89. The lowest BCUT2D eigenvalue weighted by Gasteiger charge is -2.27. The van der Waals surface area contributed by atoms with Gasteiger partial charge in [-0.15, -0.1) is 0 Å². The maximum absolute atomic E-state index is 10.6. The van der Waals surface area contributed by atoms with Crippen LogP contribution in [0.25, 0.3) is 0 Å². The van der Waals surface area contributed by atoms with Gasteiger partial charge in [0.25, 0.3) is 0 Å². The van der Waals surface area contributed by atoms with Gasteiger partial charge in [0, 0.05) is 12.5 Å². The van der Waals surface area contributed by atoms with Crippen LogP contribution >= 0.6 is 0 Å². The predicted molar refractivity (Wildman–Crippen MR) is 51.6 cm³/mol. The number of likely N-dealkylation sites (tertiary alicyclic amines) is 1. The summed E-state index contributed by atoms with van der Waals surface area (Å²) < 4.78 is 0. The Balaban J connectivity index is 2.58. The molecule has 1 fully saturated rings. The van der Waals surface area contributed by atoms with Crippen LogP contribution in [0.15, 0.2) is 0 Å². The lowest BCUT2D eigenvalue weighted by molar-refractivity contribution is -0.138. The lowest BCUT2D eigenvalue weighted by Crippen LogP contribution is -2.34. The van der Waals surface area contributed by atoms with Crippen molar-refractivity contribution in [1.29, 1.82) is 0 Å². The predicted octanol–water partition coefficient (Wildman–Crippen LogP) is 1.44. The van der Waals surface area contributed by atoms with E-state index in [4.69, 9.17) is 5.11 Å². The van der Waals surface area contributed by atoms with Gasteiger partial charge in [0.15, 0.2) is 0 Å². The SMILES string of the molecule is CC(C)C1C(CC(=O)O)CCN1C. The minimum atomic E-state index is -0.661. The molecular formula is C10H19NO2. The van der Waals surface area contributed by atoms with Gasteiger partial charge in [-0.25, -0.2) is 0 Å². The van der Waals surface area contributed by atoms with Crippen LogP contribution < -0.4 is 0 Å². The summed E-state index contributed by atoms with van der Waals surface area (Å²) in [5.41, 5.74) is 0. The molecule has 0 amide bonds. The number of hydrogen-bond acceptors (Lipinski definition) is 2. The van der Waals surface area contributed by atoms with E-state index >= 15 is 0 Å². The minimum Gasteiger partial charge on any atom is -0.481 e. The molecule has 0 radical (unpaired) electrons. The Hall–Kier alpha value is -0.570. The Morgan fingerprint density at radius 2 is 2.23 bits per heavy atom. The van der Waals surface area contributed by atoms with Crippen LogP contribution in [0.5, 0.6) is 0 Å². The third-order valence-electron chi connectivity index (χ3n) is 2.96. The van der Waals surface area contributed by atoms with E-state index in [1.807, 2.05) is 0 Å². The third-order valence-corrected chi connectivity index (χ3v) is 2.96. The topological polar surface area (TPSA) is 40.5 Å². The van der Waals surface area contributed by atoms with E-state index in [2.05, 4.69) is 25.8 Å². The van der Waals surface area contributed by atoms with Crippen molar-refractivity contribution >= 4 is 5.97 Å². The number of carboxylic acid groups (broad SMARTS) is 1. The fraction of sp³-hybridized carbons (Fsp3) is 0.900. The smallest absolute Gasteiger partial charge is 0.303 e. The molecule has 0 saturated carbocycles. The highest BCUT2D eigenvalue weighted by Crippen LogP contribution is 2.30. The van der Waals surface area contributed by atoms with E-state index in [0.717, 1.165) is 13.0 Å². The van der Waals surface area contributed by atoms with Crippen molar-refractivity contribution in [3.05, 3.63) is 0 Å². The molecule has 1 heterocycles. The molecule has 76 valence electrons. The molecule has 0 aromatic carbocycles. The van der Waals surface area contributed by atoms with Gasteiger partial charge in [-0.1, -0.05) is 13.8 Å². The van der Waals surface area contributed by atoms with Crippen molar-refractivity contribution in [2.75, 3.05) is 13.6 Å². The number of nitrogens with zero attached hydrogens (tertiary/aromatic N) is 1. The van der Waals surface area contributed by atoms with Crippen LogP contribution in [0.4, 0.5) is 0 Å². The first-order chi connectivity index (χ1) is 6.02.